The zero-order valence-corrected chi connectivity index (χ0v) is 11.8. The Labute approximate surface area is 110 Å². The van der Waals surface area contributed by atoms with E-state index in [0.717, 1.165) is 19.7 Å². The molecule has 1 heterocycles. The number of fused-ring (bicyclic) bond motifs is 1. The molecule has 2 rings (SSSR count). The Morgan fingerprint density at radius 1 is 1.39 bits per heavy atom. The van der Waals surface area contributed by atoms with Crippen LogP contribution in [0.5, 0.6) is 0 Å². The van der Waals surface area contributed by atoms with Crippen LogP contribution in [0.4, 0.5) is 0 Å². The summed E-state index contributed by atoms with van der Waals surface area (Å²) in [5.74, 6) is -0.0939. The monoisotopic (exact) mass is 255 g/mol. The molecule has 0 spiro atoms. The standard InChI is InChI=1S/C14H25NO3/c1-14(2,3)18-13(16)7-8-15-9-10-17-12-6-4-5-11(12)15/h11-12H,4-10H2,1-3H3. The molecular weight excluding hydrogens is 230 g/mol. The van der Waals surface area contributed by atoms with Crippen molar-refractivity contribution in [3.63, 3.8) is 0 Å². The van der Waals surface area contributed by atoms with Crippen LogP contribution in [-0.2, 0) is 14.3 Å². The molecule has 0 aromatic heterocycles. The second-order valence-electron chi connectivity index (χ2n) is 6.28. The highest BCUT2D eigenvalue weighted by atomic mass is 16.6. The summed E-state index contributed by atoms with van der Waals surface area (Å²) in [4.78, 5) is 14.1. The third-order valence-corrected chi connectivity index (χ3v) is 3.62. The maximum absolute atomic E-state index is 11.7. The molecular formula is C14H25NO3. The van der Waals surface area contributed by atoms with Gasteiger partial charge in [0.05, 0.1) is 19.1 Å². The second-order valence-corrected chi connectivity index (χ2v) is 6.28. The van der Waals surface area contributed by atoms with Crippen LogP contribution in [0.15, 0.2) is 0 Å². The normalized spacial score (nSPS) is 29.1. The minimum atomic E-state index is -0.377. The van der Waals surface area contributed by atoms with Gasteiger partial charge >= 0.3 is 5.97 Å². The van der Waals surface area contributed by atoms with Crippen molar-refractivity contribution >= 4 is 5.97 Å². The van der Waals surface area contributed by atoms with Crippen LogP contribution in [0.1, 0.15) is 46.5 Å². The predicted molar refractivity (Wildman–Crippen MR) is 69.4 cm³/mol. The van der Waals surface area contributed by atoms with Crippen molar-refractivity contribution in [1.82, 2.24) is 4.90 Å². The maximum Gasteiger partial charge on any atom is 0.307 e. The SMILES string of the molecule is CC(C)(C)OC(=O)CCN1CCOC2CCCC21. The molecule has 0 N–H and O–H groups in total. The van der Waals surface area contributed by atoms with E-state index in [1.807, 2.05) is 20.8 Å². The fourth-order valence-electron chi connectivity index (χ4n) is 2.91. The third-order valence-electron chi connectivity index (χ3n) is 3.62. The van der Waals surface area contributed by atoms with Crippen LogP contribution < -0.4 is 0 Å². The number of carbonyl (C=O) groups is 1. The number of hydrogen-bond donors (Lipinski definition) is 0. The lowest BCUT2D eigenvalue weighted by Crippen LogP contribution is -2.49. The summed E-state index contributed by atoms with van der Waals surface area (Å²) in [7, 11) is 0. The van der Waals surface area contributed by atoms with E-state index in [0.29, 0.717) is 18.6 Å². The molecule has 18 heavy (non-hydrogen) atoms. The highest BCUT2D eigenvalue weighted by Crippen LogP contribution is 2.29. The van der Waals surface area contributed by atoms with Crippen LogP contribution in [0.25, 0.3) is 0 Å². The first-order valence-corrected chi connectivity index (χ1v) is 7.03. The molecule has 2 fully saturated rings. The number of nitrogens with zero attached hydrogens (tertiary/aromatic N) is 1. The van der Waals surface area contributed by atoms with Crippen molar-refractivity contribution in [1.29, 1.82) is 0 Å². The molecule has 1 saturated carbocycles. The molecule has 0 aromatic rings. The highest BCUT2D eigenvalue weighted by molar-refractivity contribution is 5.70. The zero-order valence-electron chi connectivity index (χ0n) is 11.8. The van der Waals surface area contributed by atoms with E-state index in [-0.39, 0.29) is 11.6 Å². The van der Waals surface area contributed by atoms with Crippen LogP contribution in [0, 0.1) is 0 Å². The fraction of sp³-hybridized carbons (Fsp3) is 0.929. The number of hydrogen-bond acceptors (Lipinski definition) is 4. The van der Waals surface area contributed by atoms with E-state index in [4.69, 9.17) is 9.47 Å². The van der Waals surface area contributed by atoms with E-state index in [1.165, 1.54) is 19.3 Å². The molecule has 4 heteroatoms. The van der Waals surface area contributed by atoms with E-state index < -0.39 is 0 Å². The summed E-state index contributed by atoms with van der Waals surface area (Å²) in [6.07, 6.45) is 4.52. The molecule has 0 bridgehead atoms. The van der Waals surface area contributed by atoms with Gasteiger partial charge in [-0.1, -0.05) is 0 Å². The number of ether oxygens (including phenoxy) is 2. The Balaban J connectivity index is 1.77. The number of morpholine rings is 1. The van der Waals surface area contributed by atoms with Crippen LogP contribution in [0.2, 0.25) is 0 Å². The second kappa shape index (κ2) is 5.57. The first-order chi connectivity index (χ1) is 8.46. The van der Waals surface area contributed by atoms with Gasteiger partial charge in [-0.3, -0.25) is 9.69 Å². The van der Waals surface area contributed by atoms with Crippen molar-refractivity contribution in [3.05, 3.63) is 0 Å². The van der Waals surface area contributed by atoms with E-state index in [9.17, 15) is 4.79 Å². The molecule has 0 aromatic carbocycles. The Morgan fingerprint density at radius 2 is 2.17 bits per heavy atom. The summed E-state index contributed by atoms with van der Waals surface area (Å²) >= 11 is 0. The van der Waals surface area contributed by atoms with Gasteiger partial charge in [0.25, 0.3) is 0 Å². The van der Waals surface area contributed by atoms with Gasteiger partial charge in [0.1, 0.15) is 5.60 Å². The lowest BCUT2D eigenvalue weighted by molar-refractivity contribution is -0.156. The van der Waals surface area contributed by atoms with Gasteiger partial charge in [0.2, 0.25) is 0 Å². The van der Waals surface area contributed by atoms with Crippen molar-refractivity contribution in [2.75, 3.05) is 19.7 Å². The van der Waals surface area contributed by atoms with Crippen LogP contribution in [-0.4, -0.2) is 48.3 Å². The topological polar surface area (TPSA) is 38.8 Å². The van der Waals surface area contributed by atoms with E-state index in [1.54, 1.807) is 0 Å². The third kappa shape index (κ3) is 3.69. The molecule has 104 valence electrons. The average Bonchev–Trinajstić information content (AvgIpc) is 2.72. The Bertz CT molecular complexity index is 298. The number of carbonyl (C=O) groups excluding carboxylic acids is 1. The lowest BCUT2D eigenvalue weighted by atomic mass is 10.1. The maximum atomic E-state index is 11.7. The van der Waals surface area contributed by atoms with E-state index in [2.05, 4.69) is 4.90 Å². The van der Waals surface area contributed by atoms with Gasteiger partial charge in [-0.25, -0.2) is 0 Å². The highest BCUT2D eigenvalue weighted by Gasteiger charge is 2.35. The minimum Gasteiger partial charge on any atom is -0.460 e. The lowest BCUT2D eigenvalue weighted by Gasteiger charge is -2.37. The van der Waals surface area contributed by atoms with Crippen molar-refractivity contribution in [2.24, 2.45) is 0 Å². The predicted octanol–water partition coefficient (Wildman–Crippen LogP) is 1.97. The van der Waals surface area contributed by atoms with Crippen LogP contribution in [0.3, 0.4) is 0 Å². The molecule has 1 aliphatic heterocycles. The first kappa shape index (κ1) is 13.8. The van der Waals surface area contributed by atoms with Crippen LogP contribution >= 0.6 is 0 Å². The summed E-state index contributed by atoms with van der Waals surface area (Å²) in [5.41, 5.74) is -0.377. The molecule has 2 aliphatic rings. The number of rotatable bonds is 3. The largest absolute Gasteiger partial charge is 0.460 e. The molecule has 1 saturated heterocycles. The quantitative estimate of drug-likeness (QED) is 0.723. The van der Waals surface area contributed by atoms with Crippen molar-refractivity contribution in [3.8, 4) is 0 Å². The van der Waals surface area contributed by atoms with Gasteiger partial charge < -0.3 is 9.47 Å². The zero-order chi connectivity index (χ0) is 13.2. The molecule has 1 aliphatic carbocycles. The molecule has 4 nitrogen and oxygen atoms in total. The first-order valence-electron chi connectivity index (χ1n) is 7.03. The van der Waals surface area contributed by atoms with Crippen molar-refractivity contribution < 1.29 is 14.3 Å². The minimum absolute atomic E-state index is 0.0939. The molecule has 0 radical (unpaired) electrons. The van der Waals surface area contributed by atoms with Gasteiger partial charge in [0.15, 0.2) is 0 Å². The van der Waals surface area contributed by atoms with Gasteiger partial charge in [-0.15, -0.1) is 0 Å². The van der Waals surface area contributed by atoms with Gasteiger partial charge in [0, 0.05) is 19.1 Å². The molecule has 2 unspecified atom stereocenters. The Kier molecular flexibility index (Phi) is 4.28. The summed E-state index contributed by atoms with van der Waals surface area (Å²) in [6, 6.07) is 0.529. The summed E-state index contributed by atoms with van der Waals surface area (Å²) < 4.78 is 11.1. The summed E-state index contributed by atoms with van der Waals surface area (Å²) in [6.45, 7) is 8.28. The van der Waals surface area contributed by atoms with Crippen molar-refractivity contribution in [2.45, 2.75) is 64.2 Å². The smallest absolute Gasteiger partial charge is 0.307 e. The molecule has 2 atom stereocenters. The van der Waals surface area contributed by atoms with Gasteiger partial charge in [-0.2, -0.15) is 0 Å². The Morgan fingerprint density at radius 3 is 2.89 bits per heavy atom. The molecule has 0 amide bonds. The Hall–Kier alpha value is -0.610. The fourth-order valence-corrected chi connectivity index (χ4v) is 2.91. The van der Waals surface area contributed by atoms with E-state index >= 15 is 0 Å². The van der Waals surface area contributed by atoms with Gasteiger partial charge in [-0.05, 0) is 40.0 Å². The number of esters is 1. The average molecular weight is 255 g/mol. The summed E-state index contributed by atoms with van der Waals surface area (Å²) in [5, 5.41) is 0.